The highest BCUT2D eigenvalue weighted by Gasteiger charge is 1.96. The number of benzene rings is 1. The van der Waals surface area contributed by atoms with Gasteiger partial charge in [0.05, 0.1) is 16.7 Å². The summed E-state index contributed by atoms with van der Waals surface area (Å²) in [4.78, 5) is 0. The molecule has 1 unspecified atom stereocenters. The lowest BCUT2D eigenvalue weighted by atomic mass is 10.1. The lowest BCUT2D eigenvalue weighted by Gasteiger charge is -2.00. The van der Waals surface area contributed by atoms with Gasteiger partial charge in [-0.2, -0.15) is 0 Å². The zero-order valence-electron chi connectivity index (χ0n) is 7.40. The maximum Gasteiger partial charge on any atom is 0.0933 e. The first-order valence-corrected chi connectivity index (χ1v) is 5.51. The van der Waals surface area contributed by atoms with E-state index >= 15 is 0 Å². The maximum atomic E-state index is 10.7. The van der Waals surface area contributed by atoms with Crippen LogP contribution in [0.4, 0.5) is 0 Å². The number of nitrogens with two attached hydrogens (primary N) is 2. The van der Waals surface area contributed by atoms with Gasteiger partial charge in [0.15, 0.2) is 0 Å². The minimum atomic E-state index is -1.25. The van der Waals surface area contributed by atoms with Gasteiger partial charge in [-0.05, 0) is 24.1 Å². The van der Waals surface area contributed by atoms with Gasteiger partial charge < -0.3 is 5.73 Å². The van der Waals surface area contributed by atoms with Crippen LogP contribution >= 0.6 is 0 Å². The van der Waals surface area contributed by atoms with Crippen LogP contribution in [0.1, 0.15) is 11.1 Å². The second kappa shape index (κ2) is 5.11. The highest BCUT2D eigenvalue weighted by molar-refractivity contribution is 7.81. The molecule has 0 fully saturated rings. The van der Waals surface area contributed by atoms with E-state index in [4.69, 9.17) is 10.9 Å². The molecule has 1 aromatic rings. The lowest BCUT2D eigenvalue weighted by molar-refractivity contribution is 0.684. The Morgan fingerprint density at radius 2 is 1.69 bits per heavy atom. The fraction of sp³-hybridized carbons (Fsp3) is 0.333. The number of rotatable bonds is 4. The van der Waals surface area contributed by atoms with E-state index in [1.807, 2.05) is 24.3 Å². The largest absolute Gasteiger partial charge is 0.330 e. The van der Waals surface area contributed by atoms with Crippen LogP contribution in [0.5, 0.6) is 0 Å². The molecular formula is C9H14N2OS. The van der Waals surface area contributed by atoms with Gasteiger partial charge in [-0.3, -0.25) is 5.14 Å². The van der Waals surface area contributed by atoms with Gasteiger partial charge in [-0.1, -0.05) is 24.3 Å². The predicted octanol–water partition coefficient (Wildman–Crippen LogP) is 0.310. The van der Waals surface area contributed by atoms with Crippen molar-refractivity contribution in [2.45, 2.75) is 12.2 Å². The molecule has 72 valence electrons. The molecule has 4 N–H and O–H groups in total. The van der Waals surface area contributed by atoms with E-state index in [2.05, 4.69) is 0 Å². The van der Waals surface area contributed by atoms with Crippen molar-refractivity contribution in [1.82, 2.24) is 0 Å². The molecule has 0 radical (unpaired) electrons. The Morgan fingerprint density at radius 3 is 2.15 bits per heavy atom. The van der Waals surface area contributed by atoms with Gasteiger partial charge in [0, 0.05) is 0 Å². The molecule has 1 rings (SSSR count). The first-order valence-electron chi connectivity index (χ1n) is 4.13. The summed E-state index contributed by atoms with van der Waals surface area (Å²) in [6.45, 7) is 0.655. The molecule has 0 aliphatic heterocycles. The molecule has 0 bridgehead atoms. The predicted molar refractivity (Wildman–Crippen MR) is 55.2 cm³/mol. The van der Waals surface area contributed by atoms with Gasteiger partial charge in [-0.25, -0.2) is 4.21 Å². The highest BCUT2D eigenvalue weighted by atomic mass is 32.2. The highest BCUT2D eigenvalue weighted by Crippen LogP contribution is 2.05. The third-order valence-corrected chi connectivity index (χ3v) is 2.38. The molecule has 13 heavy (non-hydrogen) atoms. The zero-order valence-corrected chi connectivity index (χ0v) is 8.22. The fourth-order valence-electron chi connectivity index (χ4n) is 1.13. The standard InChI is InChI=1S/C9H14N2OS/c10-6-5-8-1-3-9(4-2-8)7-13(11)12/h1-4H,5-7,10-11H2. The van der Waals surface area contributed by atoms with Gasteiger partial charge in [0.2, 0.25) is 0 Å². The van der Waals surface area contributed by atoms with Gasteiger partial charge >= 0.3 is 0 Å². The third kappa shape index (κ3) is 3.67. The van der Waals surface area contributed by atoms with E-state index in [0.29, 0.717) is 12.3 Å². The summed E-state index contributed by atoms with van der Waals surface area (Å²) in [5.74, 6) is 0.420. The molecule has 1 atom stereocenters. The second-order valence-electron chi connectivity index (χ2n) is 2.88. The van der Waals surface area contributed by atoms with E-state index in [9.17, 15) is 4.21 Å². The van der Waals surface area contributed by atoms with Crippen molar-refractivity contribution in [2.24, 2.45) is 10.9 Å². The van der Waals surface area contributed by atoms with Gasteiger partial charge in [0.25, 0.3) is 0 Å². The molecule has 0 aliphatic carbocycles. The quantitative estimate of drug-likeness (QED) is 0.731. The van der Waals surface area contributed by atoms with Crippen LogP contribution in [-0.2, 0) is 23.2 Å². The maximum absolute atomic E-state index is 10.7. The monoisotopic (exact) mass is 198 g/mol. The molecule has 0 saturated heterocycles. The van der Waals surface area contributed by atoms with Crippen molar-refractivity contribution < 1.29 is 4.21 Å². The average molecular weight is 198 g/mol. The van der Waals surface area contributed by atoms with Crippen LogP contribution < -0.4 is 10.9 Å². The summed E-state index contributed by atoms with van der Waals surface area (Å²) < 4.78 is 10.7. The molecule has 0 aromatic heterocycles. The summed E-state index contributed by atoms with van der Waals surface area (Å²) in [7, 11) is -1.25. The summed E-state index contributed by atoms with van der Waals surface area (Å²) in [5.41, 5.74) is 7.62. The van der Waals surface area contributed by atoms with Gasteiger partial charge in [-0.15, -0.1) is 0 Å². The Labute approximate surface area is 80.7 Å². The zero-order chi connectivity index (χ0) is 9.68. The van der Waals surface area contributed by atoms with E-state index in [1.54, 1.807) is 0 Å². The van der Waals surface area contributed by atoms with E-state index in [0.717, 1.165) is 12.0 Å². The molecule has 3 nitrogen and oxygen atoms in total. The van der Waals surface area contributed by atoms with Crippen molar-refractivity contribution >= 4 is 11.0 Å². The van der Waals surface area contributed by atoms with Crippen molar-refractivity contribution in [3.63, 3.8) is 0 Å². The summed E-state index contributed by atoms with van der Waals surface area (Å²) >= 11 is 0. The van der Waals surface area contributed by atoms with E-state index in [-0.39, 0.29) is 0 Å². The van der Waals surface area contributed by atoms with Crippen LogP contribution in [0.3, 0.4) is 0 Å². The molecule has 0 saturated carbocycles. The molecule has 0 heterocycles. The molecular weight excluding hydrogens is 184 g/mol. The Morgan fingerprint density at radius 1 is 1.15 bits per heavy atom. The Bertz CT molecular complexity index is 284. The topological polar surface area (TPSA) is 69.1 Å². The van der Waals surface area contributed by atoms with Crippen LogP contribution in [0, 0.1) is 0 Å². The Hall–Kier alpha value is -0.710. The lowest BCUT2D eigenvalue weighted by Crippen LogP contribution is -2.06. The van der Waals surface area contributed by atoms with E-state index in [1.165, 1.54) is 5.56 Å². The minimum Gasteiger partial charge on any atom is -0.330 e. The molecule has 0 spiro atoms. The first-order chi connectivity index (χ1) is 6.22. The Kier molecular flexibility index (Phi) is 4.08. The fourth-order valence-corrected chi connectivity index (χ4v) is 1.65. The van der Waals surface area contributed by atoms with Gasteiger partial charge in [0.1, 0.15) is 0 Å². The SMILES string of the molecule is NCCc1ccc(CS(N)=O)cc1. The van der Waals surface area contributed by atoms with Crippen LogP contribution in [0.25, 0.3) is 0 Å². The molecule has 4 heteroatoms. The third-order valence-electron chi connectivity index (χ3n) is 1.76. The van der Waals surface area contributed by atoms with E-state index < -0.39 is 11.0 Å². The van der Waals surface area contributed by atoms with Crippen LogP contribution in [0.2, 0.25) is 0 Å². The summed E-state index contributed by atoms with van der Waals surface area (Å²) in [6.07, 6.45) is 0.881. The van der Waals surface area contributed by atoms with Crippen molar-refractivity contribution in [1.29, 1.82) is 0 Å². The minimum absolute atomic E-state index is 0.420. The molecule has 0 aliphatic rings. The first kappa shape index (κ1) is 10.4. The number of hydrogen-bond acceptors (Lipinski definition) is 2. The average Bonchev–Trinajstić information content (AvgIpc) is 2.08. The van der Waals surface area contributed by atoms with Crippen molar-refractivity contribution in [3.05, 3.63) is 35.4 Å². The van der Waals surface area contributed by atoms with Crippen molar-refractivity contribution in [2.75, 3.05) is 6.54 Å². The second-order valence-corrected chi connectivity index (χ2v) is 3.93. The molecule has 0 amide bonds. The van der Waals surface area contributed by atoms with Crippen LogP contribution in [0.15, 0.2) is 24.3 Å². The summed E-state index contributed by atoms with van der Waals surface area (Å²) in [6, 6.07) is 7.87. The molecule has 1 aromatic carbocycles. The van der Waals surface area contributed by atoms with Crippen molar-refractivity contribution in [3.8, 4) is 0 Å². The van der Waals surface area contributed by atoms with Crippen LogP contribution in [-0.4, -0.2) is 10.8 Å². The number of hydrogen-bond donors (Lipinski definition) is 2. The smallest absolute Gasteiger partial charge is 0.0933 e. The summed E-state index contributed by atoms with van der Waals surface area (Å²) in [5, 5.41) is 5.17. The Balaban J connectivity index is 2.64. The normalized spacial score (nSPS) is 12.8.